The number of hydrogen-bond donors (Lipinski definition) is 2. The van der Waals surface area contributed by atoms with Crippen LogP contribution in [-0.2, 0) is 57.2 Å². The van der Waals surface area contributed by atoms with Crippen molar-refractivity contribution in [2.24, 2.45) is 16.7 Å². The van der Waals surface area contributed by atoms with Gasteiger partial charge in [0.15, 0.2) is 17.5 Å². The Hall–Kier alpha value is -6.52. The van der Waals surface area contributed by atoms with Crippen LogP contribution in [0.4, 0.5) is 0 Å². The first-order valence-corrected chi connectivity index (χ1v) is 21.2. The molecule has 0 aromatic heterocycles. The van der Waals surface area contributed by atoms with E-state index in [9.17, 15) is 38.7 Å². The molecule has 1 heterocycles. The van der Waals surface area contributed by atoms with E-state index in [1.54, 1.807) is 66.7 Å². The second-order valence-corrected chi connectivity index (χ2v) is 17.8. The van der Waals surface area contributed by atoms with Gasteiger partial charge in [0.2, 0.25) is 0 Å². The van der Waals surface area contributed by atoms with E-state index < -0.39 is 118 Å². The Kier molecular flexibility index (Phi) is 12.5. The average Bonchev–Trinajstić information content (AvgIpc) is 3.26. The Morgan fingerprint density at radius 2 is 1.32 bits per heavy atom. The van der Waals surface area contributed by atoms with Crippen LogP contribution in [0.5, 0.6) is 0 Å². The maximum Gasteiger partial charge on any atom is 0.377 e. The highest BCUT2D eigenvalue weighted by molar-refractivity contribution is 6.36. The summed E-state index contributed by atoms with van der Waals surface area (Å²) >= 11 is 0. The molecular formula is C49H51NO15. The average molecular weight is 894 g/mol. The van der Waals surface area contributed by atoms with Crippen LogP contribution in [0.25, 0.3) is 0 Å². The van der Waals surface area contributed by atoms with Crippen molar-refractivity contribution in [1.29, 1.82) is 0 Å². The summed E-state index contributed by atoms with van der Waals surface area (Å²) in [5.41, 5.74) is -7.53. The Morgan fingerprint density at radius 1 is 0.754 bits per heavy atom. The molecule has 1 amide bonds. The largest absolute Gasteiger partial charge is 0.461 e. The third-order valence-electron chi connectivity index (χ3n) is 13.6. The number of nitrogens with one attached hydrogen (secondary N) is 1. The molecule has 3 fully saturated rings. The molecular weight excluding hydrogens is 843 g/mol. The summed E-state index contributed by atoms with van der Waals surface area (Å²) in [6.07, 6.45) is -8.60. The summed E-state index contributed by atoms with van der Waals surface area (Å²) in [5, 5.41) is 16.4. The molecule has 65 heavy (non-hydrogen) atoms. The van der Waals surface area contributed by atoms with E-state index in [0.29, 0.717) is 0 Å². The number of carbonyl (C=O) groups is 8. The molecule has 4 aliphatic rings. The van der Waals surface area contributed by atoms with E-state index in [1.807, 2.05) is 0 Å². The van der Waals surface area contributed by atoms with E-state index in [2.05, 4.69) is 5.32 Å². The molecule has 3 aliphatic carbocycles. The van der Waals surface area contributed by atoms with Crippen LogP contribution in [0.3, 0.4) is 0 Å². The lowest BCUT2D eigenvalue weighted by atomic mass is 9.44. The summed E-state index contributed by atoms with van der Waals surface area (Å²) in [7, 11) is 0. The SMILES string of the molecule is CC(=O)O[C@H]1C(=O)[C@]2(C)[C@@H](OC(C)=O)C[C@H]3OC[C@@]3(OC(C)=O)[C@H]2[C@H](OC(=O)c2ccccc2)[C@]2(O)C[C@H](OC(=O)C(=O)[C@@H](NC(=O)c3ccccc3)c3ccccc3)C(C)=C1C2(C)C. The number of hydrogen-bond acceptors (Lipinski definition) is 15. The Labute approximate surface area is 374 Å². The standard InChI is InChI=1S/C49H51NO15/c1-26-33(63-45(58)38(54)37(30-17-11-8-12-18-30)50-43(56)31-19-13-9-14-20-31)24-49(59)42(64-44(57)32-21-15-10-16-22-32)40-47(7,41(55)39(62-28(3)52)36(26)46(49,5)6)34(61-27(2)51)23-35-48(40,25-60-35)65-29(4)53/h8-22,33-35,37,39-40,42,59H,23-25H2,1-7H3,(H,50,56)/t33-,34-,35+,37-,39+,40-,42-,47+,48-,49+/m0/s1. The zero-order chi connectivity index (χ0) is 47.2. The van der Waals surface area contributed by atoms with Crippen molar-refractivity contribution in [3.05, 3.63) is 119 Å². The summed E-state index contributed by atoms with van der Waals surface area (Å²) in [5.74, 6) is -9.28. The first kappa shape index (κ1) is 46.5. The molecule has 2 bridgehead atoms. The van der Waals surface area contributed by atoms with Gasteiger partial charge in [-0.05, 0) is 54.8 Å². The highest BCUT2D eigenvalue weighted by atomic mass is 16.6. The number of aliphatic hydroxyl groups is 1. The van der Waals surface area contributed by atoms with Crippen molar-refractivity contribution in [2.45, 2.75) is 109 Å². The zero-order valence-electron chi connectivity index (χ0n) is 37.0. The Balaban J connectivity index is 1.42. The number of amides is 1. The van der Waals surface area contributed by atoms with Crippen LogP contribution in [0.2, 0.25) is 0 Å². The van der Waals surface area contributed by atoms with Crippen LogP contribution in [0.15, 0.2) is 102 Å². The first-order valence-electron chi connectivity index (χ1n) is 21.2. The lowest BCUT2D eigenvalue weighted by Crippen LogP contribution is -2.82. The van der Waals surface area contributed by atoms with Gasteiger partial charge in [-0.1, -0.05) is 80.6 Å². The molecule has 1 saturated heterocycles. The molecule has 3 aromatic carbocycles. The second kappa shape index (κ2) is 17.5. The van der Waals surface area contributed by atoms with Gasteiger partial charge in [0.25, 0.3) is 11.7 Å². The van der Waals surface area contributed by atoms with E-state index in [0.717, 1.165) is 20.8 Å². The number of esters is 5. The highest BCUT2D eigenvalue weighted by Gasteiger charge is 2.79. The first-order chi connectivity index (χ1) is 30.7. The minimum absolute atomic E-state index is 0.0397. The molecule has 1 aliphatic heterocycles. The maximum absolute atomic E-state index is 15.8. The number of Topliss-reactive ketones (excluding diaryl/α,β-unsaturated/α-hetero) is 2. The van der Waals surface area contributed by atoms with Crippen molar-refractivity contribution in [3.63, 3.8) is 0 Å². The predicted octanol–water partition coefficient (Wildman–Crippen LogP) is 4.51. The van der Waals surface area contributed by atoms with Crippen LogP contribution < -0.4 is 5.32 Å². The third-order valence-corrected chi connectivity index (χ3v) is 13.6. The highest BCUT2D eigenvalue weighted by Crippen LogP contribution is 2.65. The van der Waals surface area contributed by atoms with Crippen molar-refractivity contribution >= 4 is 47.3 Å². The third kappa shape index (κ3) is 8.03. The smallest absolute Gasteiger partial charge is 0.377 e. The van der Waals surface area contributed by atoms with Crippen molar-refractivity contribution in [2.75, 3.05) is 6.61 Å². The fourth-order valence-electron chi connectivity index (χ4n) is 10.4. The van der Waals surface area contributed by atoms with Crippen LogP contribution >= 0.6 is 0 Å². The zero-order valence-corrected chi connectivity index (χ0v) is 37.0. The number of rotatable bonds is 11. The van der Waals surface area contributed by atoms with E-state index in [-0.39, 0.29) is 40.9 Å². The number of ketones is 2. The van der Waals surface area contributed by atoms with Gasteiger partial charge in [0.1, 0.15) is 36.1 Å². The van der Waals surface area contributed by atoms with Gasteiger partial charge in [-0.15, -0.1) is 0 Å². The van der Waals surface area contributed by atoms with Gasteiger partial charge >= 0.3 is 29.8 Å². The van der Waals surface area contributed by atoms with E-state index in [1.165, 1.54) is 52.0 Å². The number of ether oxygens (including phenoxy) is 6. The Morgan fingerprint density at radius 3 is 1.86 bits per heavy atom. The van der Waals surface area contributed by atoms with Crippen LogP contribution in [0, 0.1) is 16.7 Å². The topological polar surface area (TPSA) is 224 Å². The Bertz CT molecular complexity index is 2450. The van der Waals surface area contributed by atoms with Crippen LogP contribution in [0.1, 0.15) is 93.6 Å². The van der Waals surface area contributed by atoms with Gasteiger partial charge in [0.05, 0.1) is 23.5 Å². The lowest BCUT2D eigenvalue weighted by Gasteiger charge is -2.67. The molecule has 16 nitrogen and oxygen atoms in total. The van der Waals surface area contributed by atoms with Gasteiger partial charge in [0, 0.05) is 44.6 Å². The monoisotopic (exact) mass is 893 g/mol. The molecule has 2 N–H and O–H groups in total. The lowest BCUT2D eigenvalue weighted by molar-refractivity contribution is -0.346. The summed E-state index contributed by atoms with van der Waals surface area (Å²) in [6.45, 7) is 8.97. The summed E-state index contributed by atoms with van der Waals surface area (Å²) < 4.78 is 36.4. The fraction of sp³-hybridized carbons (Fsp3) is 0.429. The minimum Gasteiger partial charge on any atom is -0.461 e. The second-order valence-electron chi connectivity index (χ2n) is 17.8. The summed E-state index contributed by atoms with van der Waals surface area (Å²) in [6, 6.07) is 22.2. The van der Waals surface area contributed by atoms with Crippen molar-refractivity contribution in [3.8, 4) is 0 Å². The summed E-state index contributed by atoms with van der Waals surface area (Å²) in [4.78, 5) is 111. The number of fused-ring (bicyclic) bond motifs is 5. The number of benzene rings is 3. The quantitative estimate of drug-likeness (QED) is 0.117. The molecule has 342 valence electrons. The van der Waals surface area contributed by atoms with E-state index in [4.69, 9.17) is 28.4 Å². The molecule has 7 rings (SSSR count). The van der Waals surface area contributed by atoms with Gasteiger partial charge in [-0.3, -0.25) is 28.8 Å². The van der Waals surface area contributed by atoms with Crippen molar-refractivity contribution < 1.29 is 71.9 Å². The molecule has 3 aromatic rings. The van der Waals surface area contributed by atoms with E-state index >= 15 is 4.79 Å². The predicted molar refractivity (Wildman–Crippen MR) is 226 cm³/mol. The molecule has 0 spiro atoms. The minimum atomic E-state index is -2.46. The van der Waals surface area contributed by atoms with Crippen LogP contribution in [-0.4, -0.2) is 101 Å². The molecule has 16 heteroatoms. The van der Waals surface area contributed by atoms with Gasteiger partial charge in [-0.25, -0.2) is 9.59 Å². The number of carbonyl (C=O) groups excluding carboxylic acids is 8. The van der Waals surface area contributed by atoms with Gasteiger partial charge < -0.3 is 38.8 Å². The molecule has 0 radical (unpaired) electrons. The van der Waals surface area contributed by atoms with Crippen molar-refractivity contribution in [1.82, 2.24) is 5.32 Å². The maximum atomic E-state index is 15.8. The normalized spacial score (nSPS) is 30.2. The fourth-order valence-corrected chi connectivity index (χ4v) is 10.4. The molecule has 0 unspecified atom stereocenters. The molecule has 10 atom stereocenters. The van der Waals surface area contributed by atoms with Gasteiger partial charge in [-0.2, -0.15) is 0 Å². The molecule has 2 saturated carbocycles.